The van der Waals surface area contributed by atoms with Crippen molar-refractivity contribution in [3.63, 3.8) is 0 Å². The van der Waals surface area contributed by atoms with Crippen molar-refractivity contribution in [3.8, 4) is 6.07 Å². The number of nitriles is 1. The highest BCUT2D eigenvalue weighted by Gasteiger charge is 2.17. The fraction of sp³-hybridized carbons (Fsp3) is 0.190. The Morgan fingerprint density at radius 3 is 2.90 bits per heavy atom. The van der Waals surface area contributed by atoms with E-state index in [2.05, 4.69) is 10.3 Å². The first kappa shape index (κ1) is 19.1. The smallest absolute Gasteiger partial charge is 0.234 e. The van der Waals surface area contributed by atoms with Crippen LogP contribution >= 0.6 is 11.8 Å². The Hall–Kier alpha value is -3.28. The molecular weight excluding hydrogens is 388 g/mol. The average Bonchev–Trinajstić information content (AvgIpc) is 3.28. The Morgan fingerprint density at radius 2 is 2.07 bits per heavy atom. The number of benzene rings is 2. The van der Waals surface area contributed by atoms with E-state index in [1.807, 2.05) is 53.1 Å². The largest absolute Gasteiger partial charge is 0.443 e. The molecule has 4 aromatic rings. The molecule has 29 heavy (non-hydrogen) atoms. The van der Waals surface area contributed by atoms with Crippen LogP contribution in [0, 0.1) is 11.3 Å². The number of fused-ring (bicyclic) bond motifs is 2. The predicted octanol–water partition coefficient (Wildman–Crippen LogP) is 4.03. The second-order valence-electron chi connectivity index (χ2n) is 6.28. The molecule has 0 spiro atoms. The Bertz CT molecular complexity index is 1220. The quantitative estimate of drug-likeness (QED) is 0.466. The summed E-state index contributed by atoms with van der Waals surface area (Å²) in [5.41, 5.74) is 2.84. The van der Waals surface area contributed by atoms with Crippen LogP contribution in [-0.2, 0) is 16.1 Å². The van der Waals surface area contributed by atoms with Gasteiger partial charge in [-0.05, 0) is 24.3 Å². The van der Waals surface area contributed by atoms with Crippen molar-refractivity contribution in [1.29, 1.82) is 5.26 Å². The third kappa shape index (κ3) is 3.83. The van der Waals surface area contributed by atoms with Crippen LogP contribution in [0.25, 0.3) is 22.0 Å². The maximum absolute atomic E-state index is 12.6. The van der Waals surface area contributed by atoms with Crippen molar-refractivity contribution >= 4 is 45.4 Å². The standard InChI is InChI=1S/C21H18N4O3S/c1-27-11-10-25-16-8-4-3-7-15(16)23-21(25)29-13-19(26)24-20-14-6-2-5-9-17(14)28-18(20)12-22/h2-9H,10-11,13H2,1H3,(H,24,26). The van der Waals surface area contributed by atoms with Gasteiger partial charge in [-0.2, -0.15) is 5.26 Å². The van der Waals surface area contributed by atoms with Crippen LogP contribution in [0.4, 0.5) is 5.69 Å². The van der Waals surface area contributed by atoms with Crippen LogP contribution in [-0.4, -0.2) is 34.9 Å². The van der Waals surface area contributed by atoms with E-state index in [1.165, 1.54) is 11.8 Å². The van der Waals surface area contributed by atoms with Gasteiger partial charge in [-0.3, -0.25) is 4.79 Å². The number of nitrogens with zero attached hydrogens (tertiary/aromatic N) is 3. The summed E-state index contributed by atoms with van der Waals surface area (Å²) in [6.07, 6.45) is 0. The van der Waals surface area contributed by atoms with Gasteiger partial charge in [0.2, 0.25) is 11.7 Å². The molecule has 0 saturated heterocycles. The monoisotopic (exact) mass is 406 g/mol. The average molecular weight is 406 g/mol. The number of furan rings is 1. The van der Waals surface area contributed by atoms with Gasteiger partial charge >= 0.3 is 0 Å². The summed E-state index contributed by atoms with van der Waals surface area (Å²) < 4.78 is 12.8. The molecule has 4 rings (SSSR count). The van der Waals surface area contributed by atoms with Gasteiger partial charge in [-0.15, -0.1) is 0 Å². The molecule has 2 aromatic carbocycles. The maximum Gasteiger partial charge on any atom is 0.234 e. The molecular formula is C21H18N4O3S. The number of anilines is 1. The van der Waals surface area contributed by atoms with Crippen LogP contribution in [0.15, 0.2) is 58.1 Å². The third-order valence-corrected chi connectivity index (χ3v) is 5.41. The first-order valence-corrected chi connectivity index (χ1v) is 9.98. The topological polar surface area (TPSA) is 93.1 Å². The lowest BCUT2D eigenvalue weighted by molar-refractivity contribution is -0.113. The van der Waals surface area contributed by atoms with Crippen LogP contribution in [0.1, 0.15) is 5.76 Å². The molecule has 1 N–H and O–H groups in total. The van der Waals surface area contributed by atoms with Gasteiger partial charge in [0.05, 0.1) is 23.4 Å². The fourth-order valence-electron chi connectivity index (χ4n) is 3.12. The molecule has 0 saturated carbocycles. The molecule has 0 aliphatic carbocycles. The molecule has 0 radical (unpaired) electrons. The number of hydrogen-bond acceptors (Lipinski definition) is 6. The Balaban J connectivity index is 1.53. The van der Waals surface area contributed by atoms with E-state index in [9.17, 15) is 10.1 Å². The minimum Gasteiger partial charge on any atom is -0.443 e. The summed E-state index contributed by atoms with van der Waals surface area (Å²) >= 11 is 1.34. The number of carbonyl (C=O) groups excluding carboxylic acids is 1. The van der Waals surface area contributed by atoms with Gasteiger partial charge in [-0.1, -0.05) is 36.0 Å². The van der Waals surface area contributed by atoms with Crippen molar-refractivity contribution in [1.82, 2.24) is 9.55 Å². The van der Waals surface area contributed by atoms with Crippen LogP contribution in [0.5, 0.6) is 0 Å². The first-order chi connectivity index (χ1) is 14.2. The van der Waals surface area contributed by atoms with Crippen molar-refractivity contribution in [2.24, 2.45) is 0 Å². The molecule has 2 heterocycles. The van der Waals surface area contributed by atoms with Crippen molar-refractivity contribution in [2.45, 2.75) is 11.7 Å². The lowest BCUT2D eigenvalue weighted by Crippen LogP contribution is -2.15. The number of nitrogens with one attached hydrogen (secondary N) is 1. The number of aromatic nitrogens is 2. The summed E-state index contributed by atoms with van der Waals surface area (Å²) in [6, 6.07) is 17.1. The highest BCUT2D eigenvalue weighted by atomic mass is 32.2. The number of carbonyl (C=O) groups is 1. The van der Waals surface area contributed by atoms with Gasteiger partial charge in [0.25, 0.3) is 0 Å². The molecule has 0 bridgehead atoms. The Kier molecular flexibility index (Phi) is 5.51. The van der Waals surface area contributed by atoms with Gasteiger partial charge in [-0.25, -0.2) is 4.98 Å². The summed E-state index contributed by atoms with van der Waals surface area (Å²) in [5.74, 6) is 0.0148. The number of methoxy groups -OCH3 is 1. The van der Waals surface area contributed by atoms with Crippen molar-refractivity contribution < 1.29 is 13.9 Å². The molecule has 0 unspecified atom stereocenters. The number of rotatable bonds is 7. The number of hydrogen-bond donors (Lipinski definition) is 1. The van der Waals surface area contributed by atoms with Gasteiger partial charge in [0.15, 0.2) is 5.16 Å². The van der Waals surface area contributed by atoms with E-state index in [4.69, 9.17) is 9.15 Å². The van der Waals surface area contributed by atoms with E-state index in [0.29, 0.717) is 29.8 Å². The lowest BCUT2D eigenvalue weighted by atomic mass is 10.2. The fourth-order valence-corrected chi connectivity index (χ4v) is 3.96. The van der Waals surface area contributed by atoms with E-state index in [-0.39, 0.29) is 17.4 Å². The van der Waals surface area contributed by atoms with Crippen LogP contribution < -0.4 is 5.32 Å². The van der Waals surface area contributed by atoms with E-state index in [1.54, 1.807) is 13.2 Å². The first-order valence-electron chi connectivity index (χ1n) is 8.99. The van der Waals surface area contributed by atoms with Gasteiger partial charge in [0, 0.05) is 19.0 Å². The molecule has 0 fully saturated rings. The minimum absolute atomic E-state index is 0.0943. The van der Waals surface area contributed by atoms with Gasteiger partial charge in [0.1, 0.15) is 17.3 Å². The maximum atomic E-state index is 12.6. The number of ether oxygens (including phenoxy) is 1. The molecule has 0 aliphatic heterocycles. The molecule has 1 amide bonds. The summed E-state index contributed by atoms with van der Waals surface area (Å²) in [6.45, 7) is 1.19. The Labute approximate surface area is 171 Å². The highest BCUT2D eigenvalue weighted by molar-refractivity contribution is 7.99. The van der Waals surface area contributed by atoms with Crippen molar-refractivity contribution in [2.75, 3.05) is 24.8 Å². The SMILES string of the molecule is COCCn1c(SCC(=O)Nc2c(C#N)oc3ccccc23)nc2ccccc21. The van der Waals surface area contributed by atoms with E-state index < -0.39 is 0 Å². The molecule has 0 atom stereocenters. The Morgan fingerprint density at radius 1 is 1.28 bits per heavy atom. The number of amides is 1. The normalized spacial score (nSPS) is 11.0. The second-order valence-corrected chi connectivity index (χ2v) is 7.22. The second kappa shape index (κ2) is 8.39. The van der Waals surface area contributed by atoms with E-state index >= 15 is 0 Å². The van der Waals surface area contributed by atoms with E-state index in [0.717, 1.165) is 16.2 Å². The summed E-state index contributed by atoms with van der Waals surface area (Å²) in [7, 11) is 1.65. The molecule has 146 valence electrons. The lowest BCUT2D eigenvalue weighted by Gasteiger charge is -2.08. The van der Waals surface area contributed by atoms with Crippen LogP contribution in [0.3, 0.4) is 0 Å². The number of para-hydroxylation sites is 3. The minimum atomic E-state index is -0.233. The molecule has 7 nitrogen and oxygen atoms in total. The third-order valence-electron chi connectivity index (χ3n) is 4.43. The molecule has 8 heteroatoms. The summed E-state index contributed by atoms with van der Waals surface area (Å²) in [4.78, 5) is 17.2. The summed E-state index contributed by atoms with van der Waals surface area (Å²) in [5, 5.41) is 13.6. The highest BCUT2D eigenvalue weighted by Crippen LogP contribution is 2.31. The zero-order valence-corrected chi connectivity index (χ0v) is 16.5. The molecule has 0 aliphatic rings. The predicted molar refractivity (Wildman–Crippen MR) is 112 cm³/mol. The number of imidazole rings is 1. The van der Waals surface area contributed by atoms with Gasteiger partial charge < -0.3 is 19.0 Å². The van der Waals surface area contributed by atoms with Crippen LogP contribution in [0.2, 0.25) is 0 Å². The zero-order valence-electron chi connectivity index (χ0n) is 15.7. The zero-order chi connectivity index (χ0) is 20.2. The molecule has 2 aromatic heterocycles. The van der Waals surface area contributed by atoms with Crippen molar-refractivity contribution in [3.05, 3.63) is 54.3 Å². The number of thioether (sulfide) groups is 1.